The normalized spacial score (nSPS) is 24.6. The third-order valence-electron chi connectivity index (χ3n) is 6.77. The van der Waals surface area contributed by atoms with Crippen LogP contribution < -0.4 is 5.56 Å². The Bertz CT molecular complexity index is 1030. The molecule has 3 aliphatic heterocycles. The number of nitrogens with zero attached hydrogens (tertiary/aromatic N) is 3. The van der Waals surface area contributed by atoms with Crippen LogP contribution in [0.4, 0.5) is 4.79 Å². The van der Waals surface area contributed by atoms with Crippen LogP contribution >= 0.6 is 0 Å². The van der Waals surface area contributed by atoms with Crippen molar-refractivity contribution in [1.29, 1.82) is 0 Å². The summed E-state index contributed by atoms with van der Waals surface area (Å²) in [6.07, 6.45) is 2.05. The molecule has 0 spiro atoms. The monoisotopic (exact) mass is 421 g/mol. The van der Waals surface area contributed by atoms with Gasteiger partial charge in [0.25, 0.3) is 5.56 Å². The van der Waals surface area contributed by atoms with Gasteiger partial charge in [0.1, 0.15) is 12.6 Å². The molecule has 0 unspecified atom stereocenters. The number of hydrogen-bond acceptors (Lipinski definition) is 4. The fourth-order valence-electron chi connectivity index (χ4n) is 5.33. The van der Waals surface area contributed by atoms with Crippen LogP contribution in [0, 0.1) is 5.92 Å². The van der Waals surface area contributed by atoms with Crippen molar-refractivity contribution in [2.24, 2.45) is 5.92 Å². The van der Waals surface area contributed by atoms with Gasteiger partial charge in [0.05, 0.1) is 0 Å². The van der Waals surface area contributed by atoms with Gasteiger partial charge in [0.2, 0.25) is 5.91 Å². The average Bonchev–Trinajstić information content (AvgIpc) is 3.28. The number of piperidine rings is 1. The molecule has 0 saturated carbocycles. The smallest absolute Gasteiger partial charge is 0.410 e. The van der Waals surface area contributed by atoms with Gasteiger partial charge < -0.3 is 14.2 Å². The Kier molecular flexibility index (Phi) is 5.26. The minimum Gasteiger partial charge on any atom is -0.445 e. The van der Waals surface area contributed by atoms with Gasteiger partial charge >= 0.3 is 6.09 Å². The molecule has 3 aliphatic rings. The lowest BCUT2D eigenvalue weighted by atomic mass is 9.83. The fraction of sp³-hybridized carbons (Fsp3) is 0.458. The lowest BCUT2D eigenvalue weighted by Crippen LogP contribution is -2.54. The molecule has 31 heavy (non-hydrogen) atoms. The Balaban J connectivity index is 1.26. The third-order valence-corrected chi connectivity index (χ3v) is 6.77. The first-order valence-corrected chi connectivity index (χ1v) is 11.1. The van der Waals surface area contributed by atoms with Crippen LogP contribution in [-0.2, 0) is 22.7 Å². The van der Waals surface area contributed by atoms with Gasteiger partial charge in [-0.05, 0) is 36.8 Å². The van der Waals surface area contributed by atoms with Crippen LogP contribution in [0.3, 0.4) is 0 Å². The Morgan fingerprint density at radius 3 is 2.68 bits per heavy atom. The molecule has 1 aromatic carbocycles. The number of aromatic nitrogens is 1. The number of likely N-dealkylation sites (tertiary alicyclic amines) is 2. The summed E-state index contributed by atoms with van der Waals surface area (Å²) in [7, 11) is 0. The number of pyridine rings is 1. The molecule has 162 valence electrons. The van der Waals surface area contributed by atoms with Crippen molar-refractivity contribution >= 4 is 12.0 Å². The van der Waals surface area contributed by atoms with Crippen LogP contribution in [0.1, 0.15) is 36.4 Å². The summed E-state index contributed by atoms with van der Waals surface area (Å²) < 4.78 is 7.36. The zero-order valence-electron chi connectivity index (χ0n) is 17.5. The molecule has 0 radical (unpaired) electrons. The van der Waals surface area contributed by atoms with Gasteiger partial charge in [-0.15, -0.1) is 0 Å². The van der Waals surface area contributed by atoms with Gasteiger partial charge in [-0.1, -0.05) is 36.4 Å². The quantitative estimate of drug-likeness (QED) is 0.764. The minimum atomic E-state index is -0.458. The Hall–Kier alpha value is -3.09. The molecule has 7 heteroatoms. The number of benzene rings is 1. The largest absolute Gasteiger partial charge is 0.445 e. The summed E-state index contributed by atoms with van der Waals surface area (Å²) in [6, 6.07) is 14.5. The van der Waals surface area contributed by atoms with Crippen LogP contribution in [0.5, 0.6) is 0 Å². The van der Waals surface area contributed by atoms with Crippen LogP contribution in [0.2, 0.25) is 0 Å². The highest BCUT2D eigenvalue weighted by Crippen LogP contribution is 2.36. The van der Waals surface area contributed by atoms with Crippen molar-refractivity contribution in [2.45, 2.75) is 44.4 Å². The molecule has 4 heterocycles. The molecule has 1 aromatic heterocycles. The average molecular weight is 421 g/mol. The van der Waals surface area contributed by atoms with Gasteiger partial charge in [0, 0.05) is 43.9 Å². The van der Waals surface area contributed by atoms with E-state index in [1.165, 1.54) is 0 Å². The van der Waals surface area contributed by atoms with Crippen molar-refractivity contribution in [3.05, 3.63) is 70.1 Å². The Morgan fingerprint density at radius 2 is 1.84 bits per heavy atom. The predicted molar refractivity (Wildman–Crippen MR) is 114 cm³/mol. The molecular formula is C24H27N3O4. The SMILES string of the molecule is O=C([C@@H]1CCCN1C(=O)OCc1ccccc1)N1C[C@H]2C[C@H](C1)c1cccc(=O)n1C2. The Morgan fingerprint density at radius 1 is 1.00 bits per heavy atom. The van der Waals surface area contributed by atoms with Gasteiger partial charge in [0.15, 0.2) is 0 Å². The topological polar surface area (TPSA) is 71.8 Å². The van der Waals surface area contributed by atoms with Crippen molar-refractivity contribution in [2.75, 3.05) is 19.6 Å². The fourth-order valence-corrected chi connectivity index (χ4v) is 5.33. The maximum Gasteiger partial charge on any atom is 0.410 e. The Labute approximate surface area is 181 Å². The summed E-state index contributed by atoms with van der Waals surface area (Å²) >= 11 is 0. The van der Waals surface area contributed by atoms with Crippen LogP contribution in [-0.4, -0.2) is 52.0 Å². The number of rotatable bonds is 3. The molecule has 2 aromatic rings. The summed E-state index contributed by atoms with van der Waals surface area (Å²) in [5.74, 6) is 0.455. The number of amides is 2. The maximum absolute atomic E-state index is 13.4. The molecule has 0 aliphatic carbocycles. The van der Waals surface area contributed by atoms with Crippen molar-refractivity contribution < 1.29 is 14.3 Å². The second-order valence-electron chi connectivity index (χ2n) is 8.83. The minimum absolute atomic E-state index is 0.00980. The van der Waals surface area contributed by atoms with E-state index in [1.54, 1.807) is 17.0 Å². The molecule has 2 bridgehead atoms. The van der Waals surface area contributed by atoms with E-state index in [4.69, 9.17) is 4.74 Å². The molecule has 2 saturated heterocycles. The van der Waals surface area contributed by atoms with Gasteiger partial charge in [-0.25, -0.2) is 4.79 Å². The third kappa shape index (κ3) is 3.84. The van der Waals surface area contributed by atoms with E-state index in [1.807, 2.05) is 45.9 Å². The summed E-state index contributed by atoms with van der Waals surface area (Å²) in [5, 5.41) is 0. The van der Waals surface area contributed by atoms with Crippen molar-refractivity contribution in [3.8, 4) is 0 Å². The maximum atomic E-state index is 13.4. The second-order valence-corrected chi connectivity index (χ2v) is 8.83. The lowest BCUT2D eigenvalue weighted by Gasteiger charge is -2.43. The number of fused-ring (bicyclic) bond motifs is 4. The highest BCUT2D eigenvalue weighted by molar-refractivity contribution is 5.86. The zero-order chi connectivity index (χ0) is 21.4. The van der Waals surface area contributed by atoms with Crippen LogP contribution in [0.15, 0.2) is 53.3 Å². The second kappa shape index (κ2) is 8.21. The van der Waals surface area contributed by atoms with Crippen LogP contribution in [0.25, 0.3) is 0 Å². The first kappa shape index (κ1) is 19.8. The van der Waals surface area contributed by atoms with E-state index in [9.17, 15) is 14.4 Å². The molecule has 2 amide bonds. The predicted octanol–water partition coefficient (Wildman–Crippen LogP) is 2.60. The molecule has 2 fully saturated rings. The molecule has 5 rings (SSSR count). The van der Waals surface area contributed by atoms with E-state index < -0.39 is 12.1 Å². The zero-order valence-corrected chi connectivity index (χ0v) is 17.5. The first-order chi connectivity index (χ1) is 15.1. The van der Waals surface area contributed by atoms with Crippen molar-refractivity contribution in [1.82, 2.24) is 14.4 Å². The number of carbonyl (C=O) groups is 2. The van der Waals surface area contributed by atoms with E-state index in [2.05, 4.69) is 0 Å². The van der Waals surface area contributed by atoms with Gasteiger partial charge in [-0.2, -0.15) is 0 Å². The van der Waals surface area contributed by atoms with Crippen molar-refractivity contribution in [3.63, 3.8) is 0 Å². The van der Waals surface area contributed by atoms with E-state index in [-0.39, 0.29) is 29.9 Å². The molecule has 7 nitrogen and oxygen atoms in total. The standard InChI is InChI=1S/C24H27N3O4/c28-22-10-4-8-20-19-12-18(14-27(20)22)13-25(15-19)23(29)21-9-5-11-26(21)24(30)31-16-17-6-2-1-3-7-17/h1-4,6-8,10,18-19,21H,5,9,11-16H2/t18-,19-,21+/m1/s1. The summed E-state index contributed by atoms with van der Waals surface area (Å²) in [6.45, 7) is 2.64. The highest BCUT2D eigenvalue weighted by atomic mass is 16.6. The number of hydrogen-bond donors (Lipinski definition) is 0. The number of carbonyl (C=O) groups excluding carboxylic acids is 2. The summed E-state index contributed by atoms with van der Waals surface area (Å²) in [5.41, 5.74) is 1.98. The van der Waals surface area contributed by atoms with E-state index in [0.29, 0.717) is 32.6 Å². The molecule has 0 N–H and O–H groups in total. The lowest BCUT2D eigenvalue weighted by molar-refractivity contribution is -0.138. The molecular weight excluding hydrogens is 394 g/mol. The summed E-state index contributed by atoms with van der Waals surface area (Å²) in [4.78, 5) is 41.8. The highest BCUT2D eigenvalue weighted by Gasteiger charge is 2.42. The first-order valence-electron chi connectivity index (χ1n) is 11.1. The van der Waals surface area contributed by atoms with Gasteiger partial charge in [-0.3, -0.25) is 14.5 Å². The van der Waals surface area contributed by atoms with E-state index in [0.717, 1.165) is 24.1 Å². The molecule has 3 atom stereocenters. The van der Waals surface area contributed by atoms with E-state index >= 15 is 0 Å². The number of ether oxygens (including phenoxy) is 1.